The third-order valence-electron chi connectivity index (χ3n) is 2.96. The molecule has 0 aliphatic carbocycles. The van der Waals surface area contributed by atoms with Gasteiger partial charge in [-0.1, -0.05) is 6.07 Å². The Morgan fingerprint density at radius 3 is 3.19 bits per heavy atom. The van der Waals surface area contributed by atoms with Gasteiger partial charge in [0.05, 0.1) is 12.3 Å². The Morgan fingerprint density at radius 1 is 1.43 bits per heavy atom. The van der Waals surface area contributed by atoms with Crippen LogP contribution in [-0.2, 0) is 11.3 Å². The van der Waals surface area contributed by atoms with E-state index in [2.05, 4.69) is 14.7 Å². The van der Waals surface area contributed by atoms with Crippen LogP contribution < -0.4 is 5.32 Å². The number of fused-ring (bicyclic) bond motifs is 1. The van der Waals surface area contributed by atoms with Gasteiger partial charge in [0.25, 0.3) is 0 Å². The van der Waals surface area contributed by atoms with Crippen LogP contribution in [0.3, 0.4) is 0 Å². The Morgan fingerprint density at radius 2 is 2.38 bits per heavy atom. The first-order valence-electron chi connectivity index (χ1n) is 6.61. The molecule has 0 aliphatic heterocycles. The lowest BCUT2D eigenvalue weighted by Gasteiger charge is -2.06. The van der Waals surface area contributed by atoms with Gasteiger partial charge in [-0.25, -0.2) is 9.97 Å². The monoisotopic (exact) mass is 320 g/mol. The summed E-state index contributed by atoms with van der Waals surface area (Å²) in [5.74, 6) is 0. The van der Waals surface area contributed by atoms with E-state index in [1.165, 1.54) is 0 Å². The number of thiazole rings is 1. The summed E-state index contributed by atoms with van der Waals surface area (Å²) in [5, 5.41) is 6.37. The molecule has 0 saturated heterocycles. The van der Waals surface area contributed by atoms with E-state index in [9.17, 15) is 0 Å². The van der Waals surface area contributed by atoms with E-state index in [1.54, 1.807) is 30.2 Å². The number of rotatable bonds is 7. The molecule has 3 rings (SSSR count). The van der Waals surface area contributed by atoms with Gasteiger partial charge in [-0.3, -0.25) is 0 Å². The molecule has 3 aromatic heterocycles. The fourth-order valence-electron chi connectivity index (χ4n) is 1.99. The van der Waals surface area contributed by atoms with Gasteiger partial charge in [-0.2, -0.15) is 0 Å². The molecule has 3 heterocycles. The maximum absolute atomic E-state index is 5.07. The minimum atomic E-state index is 0.700. The molecule has 1 N–H and O–H groups in total. The van der Waals surface area contributed by atoms with Crippen LogP contribution in [0.1, 0.15) is 5.69 Å². The second-order valence-electron chi connectivity index (χ2n) is 4.36. The second-order valence-corrected chi connectivity index (χ2v) is 6.49. The topological polar surface area (TPSA) is 51.5 Å². The molecular formula is C14H16N4OS2. The molecule has 110 valence electrons. The highest BCUT2D eigenvalue weighted by molar-refractivity contribution is 8.01. The molecule has 0 spiro atoms. The van der Waals surface area contributed by atoms with Gasteiger partial charge in [-0.15, -0.1) is 11.3 Å². The number of methoxy groups -OCH3 is 1. The van der Waals surface area contributed by atoms with Gasteiger partial charge in [-0.05, 0) is 23.9 Å². The highest BCUT2D eigenvalue weighted by atomic mass is 32.2. The number of nitrogens with zero attached hydrogens (tertiary/aromatic N) is 3. The summed E-state index contributed by atoms with van der Waals surface area (Å²) in [5.41, 5.74) is 2.11. The summed E-state index contributed by atoms with van der Waals surface area (Å²) in [7, 11) is 1.71. The van der Waals surface area contributed by atoms with Crippen molar-refractivity contribution < 1.29 is 4.74 Å². The summed E-state index contributed by atoms with van der Waals surface area (Å²) in [6, 6.07) is 6.04. The number of nitrogens with one attached hydrogen (secondary N) is 1. The molecule has 7 heteroatoms. The van der Waals surface area contributed by atoms with E-state index in [0.29, 0.717) is 6.61 Å². The van der Waals surface area contributed by atoms with Crippen molar-refractivity contribution in [3.63, 3.8) is 0 Å². The van der Waals surface area contributed by atoms with Crippen LogP contribution in [0.5, 0.6) is 0 Å². The summed E-state index contributed by atoms with van der Waals surface area (Å²) in [4.78, 5) is 9.03. The number of aromatic nitrogens is 3. The zero-order chi connectivity index (χ0) is 14.5. The summed E-state index contributed by atoms with van der Waals surface area (Å²) < 4.78 is 8.20. The number of pyridine rings is 1. The third kappa shape index (κ3) is 3.44. The lowest BCUT2D eigenvalue weighted by Crippen LogP contribution is -2.19. The number of ether oxygens (including phenoxy) is 1. The molecule has 0 fully saturated rings. The van der Waals surface area contributed by atoms with Crippen LogP contribution in [0.4, 0.5) is 0 Å². The molecule has 21 heavy (non-hydrogen) atoms. The number of hydrogen-bond acceptors (Lipinski definition) is 6. The minimum absolute atomic E-state index is 0.700. The maximum atomic E-state index is 5.07. The molecule has 0 saturated carbocycles. The van der Waals surface area contributed by atoms with Crippen molar-refractivity contribution in [2.75, 3.05) is 20.3 Å². The van der Waals surface area contributed by atoms with E-state index in [-0.39, 0.29) is 0 Å². The fourth-order valence-corrected chi connectivity index (χ4v) is 3.65. The van der Waals surface area contributed by atoms with E-state index < -0.39 is 0 Å². The number of imidazole rings is 1. The predicted molar refractivity (Wildman–Crippen MR) is 85.0 cm³/mol. The van der Waals surface area contributed by atoms with Gasteiger partial charge in [0.1, 0.15) is 10.7 Å². The first-order valence-corrected chi connectivity index (χ1v) is 8.31. The Labute approximate surface area is 131 Å². The highest BCUT2D eigenvalue weighted by Gasteiger charge is 2.13. The average Bonchev–Trinajstić information content (AvgIpc) is 3.12. The smallest absolute Gasteiger partial charge is 0.156 e. The van der Waals surface area contributed by atoms with Gasteiger partial charge >= 0.3 is 0 Å². The van der Waals surface area contributed by atoms with Crippen molar-refractivity contribution in [2.24, 2.45) is 0 Å². The molecule has 0 aromatic carbocycles. The summed E-state index contributed by atoms with van der Waals surface area (Å²) in [6.45, 7) is 2.27. The molecule has 0 amide bonds. The Bertz CT molecular complexity index is 696. The van der Waals surface area contributed by atoms with Crippen LogP contribution in [0.15, 0.2) is 45.3 Å². The van der Waals surface area contributed by atoms with Crippen LogP contribution in [0.25, 0.3) is 5.65 Å². The van der Waals surface area contributed by atoms with Gasteiger partial charge < -0.3 is 14.5 Å². The Hall–Kier alpha value is -1.41. The molecule has 0 bridgehead atoms. The first kappa shape index (κ1) is 14.5. The van der Waals surface area contributed by atoms with Crippen molar-refractivity contribution in [2.45, 2.75) is 15.9 Å². The van der Waals surface area contributed by atoms with Crippen molar-refractivity contribution in [3.05, 3.63) is 41.7 Å². The molecule has 0 aliphatic rings. The van der Waals surface area contributed by atoms with Crippen molar-refractivity contribution in [1.29, 1.82) is 0 Å². The summed E-state index contributed by atoms with van der Waals surface area (Å²) >= 11 is 3.25. The first-order chi connectivity index (χ1) is 10.4. The lowest BCUT2D eigenvalue weighted by atomic mass is 10.4. The quantitative estimate of drug-likeness (QED) is 0.678. The van der Waals surface area contributed by atoms with Crippen molar-refractivity contribution in [3.8, 4) is 0 Å². The van der Waals surface area contributed by atoms with E-state index in [4.69, 9.17) is 9.72 Å². The summed E-state index contributed by atoms with van der Waals surface area (Å²) in [6.07, 6.45) is 3.86. The fraction of sp³-hybridized carbons (Fsp3) is 0.286. The van der Waals surface area contributed by atoms with Gasteiger partial charge in [0.2, 0.25) is 0 Å². The van der Waals surface area contributed by atoms with Crippen molar-refractivity contribution in [1.82, 2.24) is 19.7 Å². The van der Waals surface area contributed by atoms with Crippen molar-refractivity contribution >= 4 is 28.7 Å². The molecule has 0 atom stereocenters. The Balaban J connectivity index is 1.86. The molecular weight excluding hydrogens is 304 g/mol. The molecule has 0 radical (unpaired) electrons. The SMILES string of the molecule is COCCNCc1c(Sc2nccs2)nc2ccccn12. The third-order valence-corrected chi connectivity index (χ3v) is 4.86. The van der Waals surface area contributed by atoms with E-state index >= 15 is 0 Å². The number of hydrogen-bond donors (Lipinski definition) is 1. The van der Waals surface area contributed by atoms with Gasteiger partial charge in [0, 0.05) is 38.0 Å². The molecule has 5 nitrogen and oxygen atoms in total. The van der Waals surface area contributed by atoms with Crippen LogP contribution in [-0.4, -0.2) is 34.6 Å². The predicted octanol–water partition coefficient (Wildman–Crippen LogP) is 2.68. The largest absolute Gasteiger partial charge is 0.383 e. The maximum Gasteiger partial charge on any atom is 0.156 e. The highest BCUT2D eigenvalue weighted by Crippen LogP contribution is 2.31. The van der Waals surface area contributed by atoms with Crippen LogP contribution in [0.2, 0.25) is 0 Å². The Kier molecular flexibility index (Phi) is 4.87. The van der Waals surface area contributed by atoms with Gasteiger partial charge in [0.15, 0.2) is 4.34 Å². The van der Waals surface area contributed by atoms with Crippen LogP contribution >= 0.6 is 23.1 Å². The zero-order valence-corrected chi connectivity index (χ0v) is 13.3. The van der Waals surface area contributed by atoms with E-state index in [0.717, 1.165) is 33.8 Å². The van der Waals surface area contributed by atoms with Crippen LogP contribution in [0, 0.1) is 0 Å². The lowest BCUT2D eigenvalue weighted by molar-refractivity contribution is 0.199. The second kappa shape index (κ2) is 7.04. The molecule has 0 unspecified atom stereocenters. The zero-order valence-electron chi connectivity index (χ0n) is 11.7. The molecule has 3 aromatic rings. The normalized spacial score (nSPS) is 11.3. The van der Waals surface area contributed by atoms with E-state index in [1.807, 2.05) is 36.0 Å². The minimum Gasteiger partial charge on any atom is -0.383 e. The standard InChI is InChI=1S/C14H16N4OS2/c1-19-8-5-15-10-11-13(21-14-16-6-9-20-14)17-12-4-2-3-7-18(11)12/h2-4,6-7,9,15H,5,8,10H2,1H3. The average molecular weight is 320 g/mol.